The molecule has 0 atom stereocenters. The van der Waals surface area contributed by atoms with Crippen molar-refractivity contribution in [1.82, 2.24) is 14.3 Å². The van der Waals surface area contributed by atoms with Crippen LogP contribution in [0.3, 0.4) is 0 Å². The molecule has 0 aromatic carbocycles. The summed E-state index contributed by atoms with van der Waals surface area (Å²) in [6, 6.07) is 11.0. The van der Waals surface area contributed by atoms with Crippen LogP contribution in [0.15, 0.2) is 36.5 Å². The smallest absolute Gasteiger partial charge is 0.260 e. The fraction of sp³-hybridized carbons (Fsp3) is 0.421. The molecule has 1 aliphatic heterocycles. The molecule has 7 nitrogen and oxygen atoms in total. The molecule has 27 heavy (non-hydrogen) atoms. The highest BCUT2D eigenvalue weighted by Gasteiger charge is 2.29. The van der Waals surface area contributed by atoms with Crippen molar-refractivity contribution in [2.24, 2.45) is 0 Å². The second-order valence-electron chi connectivity index (χ2n) is 6.97. The number of anilines is 1. The maximum absolute atomic E-state index is 12.7. The van der Waals surface area contributed by atoms with Gasteiger partial charge >= 0.3 is 10.2 Å². The molecule has 0 aliphatic carbocycles. The Morgan fingerprint density at radius 3 is 2.56 bits per heavy atom. The Labute approximate surface area is 160 Å². The maximum atomic E-state index is 12.7. The lowest BCUT2D eigenvalue weighted by atomic mass is 9.94. The molecule has 1 aliphatic rings. The van der Waals surface area contributed by atoms with E-state index in [1.165, 1.54) is 4.31 Å². The molecule has 2 aromatic heterocycles. The van der Waals surface area contributed by atoms with Gasteiger partial charge in [-0.05, 0) is 43.0 Å². The molecule has 142 valence electrons. The van der Waals surface area contributed by atoms with Crippen molar-refractivity contribution in [2.45, 2.75) is 38.5 Å². The van der Waals surface area contributed by atoms with E-state index in [2.05, 4.69) is 20.8 Å². The lowest BCUT2D eigenvalue weighted by Crippen LogP contribution is -2.41. The van der Waals surface area contributed by atoms with E-state index in [0.717, 1.165) is 11.4 Å². The first kappa shape index (κ1) is 19.3. The third-order valence-electron chi connectivity index (χ3n) is 4.72. The Hall–Kier alpha value is -2.50. The summed E-state index contributed by atoms with van der Waals surface area (Å²) in [5.74, 6) is 0.772. The number of nitrogens with zero attached hydrogens (tertiary/aromatic N) is 4. The van der Waals surface area contributed by atoms with E-state index in [9.17, 15) is 8.42 Å². The van der Waals surface area contributed by atoms with E-state index < -0.39 is 10.2 Å². The van der Waals surface area contributed by atoms with Crippen LogP contribution in [-0.2, 0) is 10.2 Å². The fourth-order valence-electron chi connectivity index (χ4n) is 3.13. The van der Waals surface area contributed by atoms with Gasteiger partial charge in [-0.1, -0.05) is 19.9 Å². The first-order valence-corrected chi connectivity index (χ1v) is 10.4. The van der Waals surface area contributed by atoms with Gasteiger partial charge in [-0.15, -0.1) is 0 Å². The summed E-state index contributed by atoms with van der Waals surface area (Å²) in [6.45, 7) is 4.88. The Kier molecular flexibility index (Phi) is 5.73. The largest absolute Gasteiger partial charge is 0.302 e. The zero-order valence-corrected chi connectivity index (χ0v) is 16.3. The zero-order valence-electron chi connectivity index (χ0n) is 15.5. The minimum atomic E-state index is -3.64. The molecule has 1 fully saturated rings. The van der Waals surface area contributed by atoms with Gasteiger partial charge in [0.15, 0.2) is 0 Å². The molecule has 0 unspecified atom stereocenters. The van der Waals surface area contributed by atoms with Crippen LogP contribution in [0.25, 0.3) is 0 Å². The second-order valence-corrected chi connectivity index (χ2v) is 8.64. The molecule has 8 heteroatoms. The molecule has 2 aromatic rings. The van der Waals surface area contributed by atoms with E-state index in [4.69, 9.17) is 5.26 Å². The number of nitrogens with one attached hydrogen (secondary N) is 1. The highest BCUT2D eigenvalue weighted by molar-refractivity contribution is 7.90. The number of rotatable bonds is 5. The highest BCUT2D eigenvalue weighted by atomic mass is 32.2. The summed E-state index contributed by atoms with van der Waals surface area (Å²) in [4.78, 5) is 8.72. The summed E-state index contributed by atoms with van der Waals surface area (Å²) in [7, 11) is -3.64. The van der Waals surface area contributed by atoms with Gasteiger partial charge in [-0.25, -0.2) is 4.98 Å². The van der Waals surface area contributed by atoms with Crippen LogP contribution < -0.4 is 4.72 Å². The lowest BCUT2D eigenvalue weighted by Gasteiger charge is -2.30. The number of aromatic nitrogens is 2. The first-order chi connectivity index (χ1) is 12.9. The molecule has 3 rings (SSSR count). The molecule has 1 saturated heterocycles. The predicted molar refractivity (Wildman–Crippen MR) is 103 cm³/mol. The molecule has 0 spiro atoms. The van der Waals surface area contributed by atoms with Crippen molar-refractivity contribution < 1.29 is 8.42 Å². The highest BCUT2D eigenvalue weighted by Crippen LogP contribution is 2.28. The van der Waals surface area contributed by atoms with Crippen LogP contribution >= 0.6 is 0 Å². The monoisotopic (exact) mass is 385 g/mol. The third-order valence-corrected chi connectivity index (χ3v) is 6.24. The Morgan fingerprint density at radius 2 is 1.96 bits per heavy atom. The van der Waals surface area contributed by atoms with Gasteiger partial charge < -0.3 is 0 Å². The Balaban J connectivity index is 1.64. The summed E-state index contributed by atoms with van der Waals surface area (Å²) < 4.78 is 29.4. The van der Waals surface area contributed by atoms with E-state index in [0.29, 0.717) is 37.3 Å². The van der Waals surface area contributed by atoms with Gasteiger partial charge in [0.05, 0.1) is 5.56 Å². The molecule has 0 radical (unpaired) electrons. The van der Waals surface area contributed by atoms with Crippen molar-refractivity contribution in [1.29, 1.82) is 5.26 Å². The van der Waals surface area contributed by atoms with Crippen molar-refractivity contribution in [2.75, 3.05) is 17.8 Å². The molecule has 0 amide bonds. The van der Waals surface area contributed by atoms with Crippen molar-refractivity contribution in [3.05, 3.63) is 53.5 Å². The first-order valence-electron chi connectivity index (χ1n) is 9.00. The molecule has 1 N–H and O–H groups in total. The molecular weight excluding hydrogens is 362 g/mol. The summed E-state index contributed by atoms with van der Waals surface area (Å²) in [6.07, 6.45) is 2.95. The Bertz CT molecular complexity index is 927. The van der Waals surface area contributed by atoms with Crippen molar-refractivity contribution >= 4 is 16.0 Å². The minimum Gasteiger partial charge on any atom is -0.260 e. The molecule has 3 heterocycles. The van der Waals surface area contributed by atoms with Crippen molar-refractivity contribution in [3.8, 4) is 6.07 Å². The quantitative estimate of drug-likeness (QED) is 0.853. The molecule has 0 bridgehead atoms. The summed E-state index contributed by atoms with van der Waals surface area (Å²) in [5.41, 5.74) is 2.28. The molecule has 0 saturated carbocycles. The average Bonchev–Trinajstić information content (AvgIpc) is 2.68. The number of hydrogen-bond donors (Lipinski definition) is 1. The normalized spacial score (nSPS) is 16.2. The van der Waals surface area contributed by atoms with Gasteiger partial charge in [-0.2, -0.15) is 18.0 Å². The minimum absolute atomic E-state index is 0.201. The lowest BCUT2D eigenvalue weighted by molar-refractivity contribution is 0.318. The fourth-order valence-corrected chi connectivity index (χ4v) is 4.33. The van der Waals surface area contributed by atoms with Crippen molar-refractivity contribution in [3.63, 3.8) is 0 Å². The summed E-state index contributed by atoms with van der Waals surface area (Å²) >= 11 is 0. The van der Waals surface area contributed by atoms with Gasteiger partial charge in [-0.3, -0.25) is 9.71 Å². The number of piperidine rings is 1. The van der Waals surface area contributed by atoms with Crippen LogP contribution in [0, 0.1) is 11.3 Å². The number of hydrogen-bond acceptors (Lipinski definition) is 5. The van der Waals surface area contributed by atoms with Gasteiger partial charge in [0.2, 0.25) is 0 Å². The van der Waals surface area contributed by atoms with Crippen LogP contribution in [-0.4, -0.2) is 35.8 Å². The topological polar surface area (TPSA) is 99.0 Å². The Morgan fingerprint density at radius 1 is 1.22 bits per heavy atom. The van der Waals surface area contributed by atoms with Crippen LogP contribution in [0.2, 0.25) is 0 Å². The van der Waals surface area contributed by atoms with E-state index in [1.807, 2.05) is 32.0 Å². The SMILES string of the molecule is CC(C)c1cccc(NS(=O)(=O)N2CCC(c3ccc(C#N)cn3)CC2)n1. The predicted octanol–water partition coefficient (Wildman–Crippen LogP) is 3.01. The van der Waals surface area contributed by atoms with Crippen LogP contribution in [0.5, 0.6) is 0 Å². The standard InChI is InChI=1S/C19H23N5O2S/c1-14(2)17-4-3-5-19(22-17)23-27(25,26)24-10-8-16(9-11-24)18-7-6-15(12-20)13-21-18/h3-7,13-14,16H,8-11H2,1-2H3,(H,22,23). The second kappa shape index (κ2) is 8.03. The maximum Gasteiger partial charge on any atom is 0.302 e. The third kappa shape index (κ3) is 4.62. The van der Waals surface area contributed by atoms with E-state index >= 15 is 0 Å². The van der Waals surface area contributed by atoms with Crippen LogP contribution in [0.1, 0.15) is 55.5 Å². The zero-order chi connectivity index (χ0) is 19.4. The van der Waals surface area contributed by atoms with Gasteiger partial charge in [0, 0.05) is 36.6 Å². The number of pyridine rings is 2. The van der Waals surface area contributed by atoms with Gasteiger partial charge in [0.25, 0.3) is 0 Å². The number of nitriles is 1. The van der Waals surface area contributed by atoms with Crippen LogP contribution in [0.4, 0.5) is 5.82 Å². The summed E-state index contributed by atoms with van der Waals surface area (Å²) in [5, 5.41) is 8.86. The van der Waals surface area contributed by atoms with Gasteiger partial charge in [0.1, 0.15) is 11.9 Å². The average molecular weight is 385 g/mol. The van der Waals surface area contributed by atoms with E-state index in [-0.39, 0.29) is 11.8 Å². The van der Waals surface area contributed by atoms with E-state index in [1.54, 1.807) is 18.3 Å². The molecular formula is C19H23N5O2S.